The standard InChI is InChI=1S/C19H22Cl2N4O2/c20-13-1-2-14(15(21)7-13)19-17-11-27-18-10-24(8-12-3-5-26-6-4-12)9-16(18)25(17)23-22-19/h1-2,7,12,16,18H,3-6,8-11H2/t16-,18-/m1/s1. The van der Waals surface area contributed by atoms with Crippen LogP contribution in [0.15, 0.2) is 18.2 Å². The van der Waals surface area contributed by atoms with Crippen LogP contribution in [0.25, 0.3) is 11.3 Å². The van der Waals surface area contributed by atoms with E-state index >= 15 is 0 Å². The van der Waals surface area contributed by atoms with Gasteiger partial charge in [0.2, 0.25) is 0 Å². The van der Waals surface area contributed by atoms with E-state index in [1.165, 1.54) is 0 Å². The van der Waals surface area contributed by atoms with Crippen LogP contribution in [0.5, 0.6) is 0 Å². The van der Waals surface area contributed by atoms with Crippen molar-refractivity contribution in [3.63, 3.8) is 0 Å². The Bertz CT molecular complexity index is 837. The molecule has 3 aliphatic heterocycles. The van der Waals surface area contributed by atoms with Gasteiger partial charge in [-0.1, -0.05) is 28.4 Å². The molecule has 4 heterocycles. The molecule has 0 bridgehead atoms. The number of rotatable bonds is 3. The lowest BCUT2D eigenvalue weighted by Crippen LogP contribution is -2.32. The van der Waals surface area contributed by atoms with Gasteiger partial charge in [0.05, 0.1) is 29.5 Å². The summed E-state index contributed by atoms with van der Waals surface area (Å²) in [4.78, 5) is 2.51. The summed E-state index contributed by atoms with van der Waals surface area (Å²) in [5, 5.41) is 10.1. The minimum atomic E-state index is 0.174. The number of hydrogen-bond donors (Lipinski definition) is 0. The Morgan fingerprint density at radius 1 is 1.15 bits per heavy atom. The maximum atomic E-state index is 6.39. The minimum Gasteiger partial charge on any atom is -0.381 e. The van der Waals surface area contributed by atoms with E-state index in [1.807, 2.05) is 12.1 Å². The molecule has 2 saturated heterocycles. The SMILES string of the molecule is Clc1ccc(-c2nnn3c2CO[C@@H]2CN(CC4CCOCC4)C[C@H]23)c(Cl)c1. The summed E-state index contributed by atoms with van der Waals surface area (Å²) >= 11 is 12.4. The summed E-state index contributed by atoms with van der Waals surface area (Å²) < 4.78 is 13.7. The van der Waals surface area contributed by atoms with Crippen molar-refractivity contribution in [3.05, 3.63) is 33.9 Å². The van der Waals surface area contributed by atoms with Crippen LogP contribution in [0.4, 0.5) is 0 Å². The second-order valence-electron chi connectivity index (χ2n) is 7.64. The first-order valence-electron chi connectivity index (χ1n) is 9.50. The number of benzene rings is 1. The van der Waals surface area contributed by atoms with Gasteiger partial charge in [-0.25, -0.2) is 4.68 Å². The molecule has 2 fully saturated rings. The van der Waals surface area contributed by atoms with E-state index in [9.17, 15) is 0 Å². The van der Waals surface area contributed by atoms with E-state index in [0.29, 0.717) is 16.7 Å². The summed E-state index contributed by atoms with van der Waals surface area (Å²) in [6.45, 7) is 5.30. The largest absolute Gasteiger partial charge is 0.381 e. The molecule has 3 aliphatic rings. The number of aromatic nitrogens is 3. The number of likely N-dealkylation sites (tertiary alicyclic amines) is 1. The Labute approximate surface area is 168 Å². The molecule has 6 nitrogen and oxygen atoms in total. The van der Waals surface area contributed by atoms with Gasteiger partial charge in [-0.2, -0.15) is 0 Å². The van der Waals surface area contributed by atoms with Crippen molar-refractivity contribution in [1.82, 2.24) is 19.9 Å². The first-order valence-corrected chi connectivity index (χ1v) is 10.3. The van der Waals surface area contributed by atoms with Crippen LogP contribution in [0.2, 0.25) is 10.0 Å². The number of halogens is 2. The van der Waals surface area contributed by atoms with E-state index < -0.39 is 0 Å². The van der Waals surface area contributed by atoms with Crippen molar-refractivity contribution < 1.29 is 9.47 Å². The van der Waals surface area contributed by atoms with Gasteiger partial charge in [-0.3, -0.25) is 4.90 Å². The zero-order valence-corrected chi connectivity index (χ0v) is 16.5. The Morgan fingerprint density at radius 2 is 2.00 bits per heavy atom. The van der Waals surface area contributed by atoms with Crippen molar-refractivity contribution >= 4 is 23.2 Å². The average molecular weight is 409 g/mol. The van der Waals surface area contributed by atoms with Crippen LogP contribution in [0.3, 0.4) is 0 Å². The number of hydrogen-bond acceptors (Lipinski definition) is 5. The van der Waals surface area contributed by atoms with Gasteiger partial charge in [-0.15, -0.1) is 5.10 Å². The Balaban J connectivity index is 1.36. The predicted molar refractivity (Wildman–Crippen MR) is 103 cm³/mol. The molecule has 0 radical (unpaired) electrons. The second kappa shape index (κ2) is 7.33. The molecule has 2 aromatic rings. The van der Waals surface area contributed by atoms with Crippen LogP contribution < -0.4 is 0 Å². The molecule has 0 spiro atoms. The quantitative estimate of drug-likeness (QED) is 0.778. The summed E-state index contributed by atoms with van der Waals surface area (Å²) in [6, 6.07) is 5.67. The van der Waals surface area contributed by atoms with Crippen molar-refractivity contribution in [3.8, 4) is 11.3 Å². The highest BCUT2D eigenvalue weighted by Gasteiger charge is 2.41. The molecular weight excluding hydrogens is 387 g/mol. The molecule has 27 heavy (non-hydrogen) atoms. The number of nitrogens with zero attached hydrogens (tertiary/aromatic N) is 4. The predicted octanol–water partition coefficient (Wildman–Crippen LogP) is 3.43. The van der Waals surface area contributed by atoms with Crippen LogP contribution in [0.1, 0.15) is 24.6 Å². The van der Waals surface area contributed by atoms with Crippen LogP contribution in [0, 0.1) is 5.92 Å². The van der Waals surface area contributed by atoms with Gasteiger partial charge < -0.3 is 9.47 Å². The first-order chi connectivity index (χ1) is 13.2. The molecule has 0 saturated carbocycles. The van der Waals surface area contributed by atoms with E-state index in [1.54, 1.807) is 6.07 Å². The summed E-state index contributed by atoms with van der Waals surface area (Å²) in [6.07, 6.45) is 2.48. The molecule has 1 aromatic carbocycles. The highest BCUT2D eigenvalue weighted by atomic mass is 35.5. The minimum absolute atomic E-state index is 0.174. The topological polar surface area (TPSA) is 52.4 Å². The Kier molecular flexibility index (Phi) is 4.86. The molecule has 5 rings (SSSR count). The van der Waals surface area contributed by atoms with Gasteiger partial charge in [-0.05, 0) is 37.0 Å². The third kappa shape index (κ3) is 3.38. The fourth-order valence-corrected chi connectivity index (χ4v) is 4.96. The fourth-order valence-electron chi connectivity index (χ4n) is 4.47. The molecule has 1 aromatic heterocycles. The zero-order chi connectivity index (χ0) is 18.4. The normalized spacial score (nSPS) is 26.1. The molecule has 144 valence electrons. The number of fused-ring (bicyclic) bond motifs is 3. The van der Waals surface area contributed by atoms with E-state index in [0.717, 1.165) is 68.6 Å². The highest BCUT2D eigenvalue weighted by molar-refractivity contribution is 6.36. The van der Waals surface area contributed by atoms with Crippen LogP contribution in [-0.4, -0.2) is 58.8 Å². The average Bonchev–Trinajstić information content (AvgIpc) is 3.26. The van der Waals surface area contributed by atoms with Gasteiger partial charge >= 0.3 is 0 Å². The summed E-state index contributed by atoms with van der Waals surface area (Å²) in [5.74, 6) is 0.720. The molecule has 8 heteroatoms. The summed E-state index contributed by atoms with van der Waals surface area (Å²) in [5.41, 5.74) is 2.63. The smallest absolute Gasteiger partial charge is 0.120 e. The van der Waals surface area contributed by atoms with Gasteiger partial charge in [0.25, 0.3) is 0 Å². The highest BCUT2D eigenvalue weighted by Crippen LogP contribution is 2.37. The van der Waals surface area contributed by atoms with Crippen LogP contribution >= 0.6 is 23.2 Å². The van der Waals surface area contributed by atoms with E-state index in [4.69, 9.17) is 32.7 Å². The summed E-state index contributed by atoms with van der Waals surface area (Å²) in [7, 11) is 0. The van der Waals surface area contributed by atoms with Crippen molar-refractivity contribution in [2.24, 2.45) is 5.92 Å². The van der Waals surface area contributed by atoms with Crippen LogP contribution in [-0.2, 0) is 16.1 Å². The maximum Gasteiger partial charge on any atom is 0.120 e. The molecule has 0 unspecified atom stereocenters. The monoisotopic (exact) mass is 408 g/mol. The molecular formula is C19H22Cl2N4O2. The maximum absolute atomic E-state index is 6.39. The van der Waals surface area contributed by atoms with Crippen molar-refractivity contribution in [2.75, 3.05) is 32.8 Å². The lowest BCUT2D eigenvalue weighted by atomic mass is 10.00. The van der Waals surface area contributed by atoms with Crippen molar-refractivity contribution in [1.29, 1.82) is 0 Å². The molecule has 0 aliphatic carbocycles. The zero-order valence-electron chi connectivity index (χ0n) is 15.0. The third-order valence-electron chi connectivity index (χ3n) is 5.90. The molecule has 0 amide bonds. The third-order valence-corrected chi connectivity index (χ3v) is 6.44. The van der Waals surface area contributed by atoms with Gasteiger partial charge in [0, 0.05) is 43.4 Å². The first kappa shape index (κ1) is 17.9. The van der Waals surface area contributed by atoms with E-state index in [-0.39, 0.29) is 12.1 Å². The van der Waals surface area contributed by atoms with Crippen molar-refractivity contribution in [2.45, 2.75) is 31.6 Å². The molecule has 2 atom stereocenters. The molecule has 0 N–H and O–H groups in total. The lowest BCUT2D eigenvalue weighted by Gasteiger charge is -2.26. The second-order valence-corrected chi connectivity index (χ2v) is 8.49. The van der Waals surface area contributed by atoms with Gasteiger partial charge in [0.1, 0.15) is 5.69 Å². The van der Waals surface area contributed by atoms with Gasteiger partial charge in [0.15, 0.2) is 0 Å². The Morgan fingerprint density at radius 3 is 2.81 bits per heavy atom. The lowest BCUT2D eigenvalue weighted by molar-refractivity contribution is -0.00571. The fraction of sp³-hybridized carbons (Fsp3) is 0.579. The Hall–Kier alpha value is -1.18. The van der Waals surface area contributed by atoms with E-state index in [2.05, 4.69) is 19.9 Å². The number of ether oxygens (including phenoxy) is 2.